The monoisotopic (exact) mass is 249 g/mol. The molecule has 1 rings (SSSR count). The molecule has 1 N–H and O–H groups in total. The van der Waals surface area contributed by atoms with E-state index in [1.807, 2.05) is 0 Å². The summed E-state index contributed by atoms with van der Waals surface area (Å²) in [7, 11) is 0. The van der Waals surface area contributed by atoms with Crippen molar-refractivity contribution in [1.82, 2.24) is 5.32 Å². The number of carbonyl (C=O) groups excluding carboxylic acids is 1. The summed E-state index contributed by atoms with van der Waals surface area (Å²) in [5.74, 6) is -0.0804. The minimum atomic E-state index is -0.245. The second-order valence-electron chi connectivity index (χ2n) is 4.33. The fourth-order valence-corrected chi connectivity index (χ4v) is 1.95. The van der Waals surface area contributed by atoms with Gasteiger partial charge in [0.15, 0.2) is 0 Å². The second-order valence-corrected chi connectivity index (χ2v) is 4.33. The van der Waals surface area contributed by atoms with Crippen molar-refractivity contribution in [2.75, 3.05) is 6.54 Å². The van der Waals surface area contributed by atoms with Crippen molar-refractivity contribution in [2.45, 2.75) is 32.1 Å². The van der Waals surface area contributed by atoms with Gasteiger partial charge in [0.25, 0.3) is 0 Å². The number of hydrogen-bond acceptors (Lipinski definition) is 1. The van der Waals surface area contributed by atoms with Gasteiger partial charge in [-0.05, 0) is 30.0 Å². The average Bonchev–Trinajstić information content (AvgIpc) is 2.37. The van der Waals surface area contributed by atoms with E-state index in [0.29, 0.717) is 13.0 Å². The number of benzene rings is 1. The molecule has 2 nitrogen and oxygen atoms in total. The van der Waals surface area contributed by atoms with Gasteiger partial charge < -0.3 is 5.32 Å². The average molecular weight is 249 g/mol. The number of halogens is 1. The maximum atomic E-state index is 12.9. The standard InChI is InChI=1S/C15H20FNO/c1-3-5-13(11-15(18)17-10-4-2)12-6-8-14(16)9-7-12/h4,6-9,13H,2-3,5,10-11H2,1H3,(H,17,18). The van der Waals surface area contributed by atoms with E-state index in [1.54, 1.807) is 18.2 Å². The smallest absolute Gasteiger partial charge is 0.220 e. The van der Waals surface area contributed by atoms with Gasteiger partial charge in [0, 0.05) is 13.0 Å². The molecule has 0 aromatic heterocycles. The molecule has 1 atom stereocenters. The van der Waals surface area contributed by atoms with Gasteiger partial charge in [-0.2, -0.15) is 0 Å². The van der Waals surface area contributed by atoms with Crippen molar-refractivity contribution in [1.29, 1.82) is 0 Å². The van der Waals surface area contributed by atoms with Crippen molar-refractivity contribution in [3.8, 4) is 0 Å². The predicted molar refractivity (Wildman–Crippen MR) is 71.9 cm³/mol. The van der Waals surface area contributed by atoms with Crippen LogP contribution in [0.3, 0.4) is 0 Å². The third-order valence-corrected chi connectivity index (χ3v) is 2.85. The zero-order chi connectivity index (χ0) is 13.4. The van der Waals surface area contributed by atoms with Crippen LogP contribution in [0.25, 0.3) is 0 Å². The molecule has 0 radical (unpaired) electrons. The van der Waals surface area contributed by atoms with Crippen LogP contribution in [0.15, 0.2) is 36.9 Å². The second kappa shape index (κ2) is 7.64. The Morgan fingerprint density at radius 2 is 2.11 bits per heavy atom. The van der Waals surface area contributed by atoms with Gasteiger partial charge in [0.05, 0.1) is 0 Å². The molecule has 0 aliphatic carbocycles. The molecule has 0 aliphatic heterocycles. The number of amides is 1. The fraction of sp³-hybridized carbons (Fsp3) is 0.400. The summed E-state index contributed by atoms with van der Waals surface area (Å²) >= 11 is 0. The Hall–Kier alpha value is -1.64. The highest BCUT2D eigenvalue weighted by atomic mass is 19.1. The summed E-state index contributed by atoms with van der Waals surface area (Å²) in [4.78, 5) is 11.7. The normalized spacial score (nSPS) is 11.9. The Kier molecular flexibility index (Phi) is 6.12. The zero-order valence-corrected chi connectivity index (χ0v) is 10.8. The molecule has 0 bridgehead atoms. The van der Waals surface area contributed by atoms with Gasteiger partial charge in [-0.15, -0.1) is 6.58 Å². The third kappa shape index (κ3) is 4.70. The maximum absolute atomic E-state index is 12.9. The molecule has 3 heteroatoms. The molecule has 0 saturated heterocycles. The Morgan fingerprint density at radius 1 is 1.44 bits per heavy atom. The first-order chi connectivity index (χ1) is 8.67. The number of hydrogen-bond donors (Lipinski definition) is 1. The Labute approximate surface area is 108 Å². The van der Waals surface area contributed by atoms with Crippen LogP contribution in [0.1, 0.15) is 37.7 Å². The van der Waals surface area contributed by atoms with Crippen molar-refractivity contribution in [3.05, 3.63) is 48.3 Å². The highest BCUT2D eigenvalue weighted by Gasteiger charge is 2.14. The van der Waals surface area contributed by atoms with Crippen molar-refractivity contribution < 1.29 is 9.18 Å². The molecular formula is C15H20FNO. The third-order valence-electron chi connectivity index (χ3n) is 2.85. The molecule has 1 amide bonds. The van der Waals surface area contributed by atoms with Gasteiger partial charge in [-0.1, -0.05) is 31.6 Å². The summed E-state index contributed by atoms with van der Waals surface area (Å²) < 4.78 is 12.9. The van der Waals surface area contributed by atoms with Gasteiger partial charge in [0.2, 0.25) is 5.91 Å². The topological polar surface area (TPSA) is 29.1 Å². The van der Waals surface area contributed by atoms with Crippen LogP contribution in [0.4, 0.5) is 4.39 Å². The molecule has 0 saturated carbocycles. The van der Waals surface area contributed by atoms with Crippen molar-refractivity contribution in [3.63, 3.8) is 0 Å². The van der Waals surface area contributed by atoms with E-state index in [0.717, 1.165) is 18.4 Å². The number of nitrogens with one attached hydrogen (secondary N) is 1. The minimum Gasteiger partial charge on any atom is -0.353 e. The predicted octanol–water partition coefficient (Wildman–Crippen LogP) is 3.40. The van der Waals surface area contributed by atoms with Gasteiger partial charge in [0.1, 0.15) is 5.82 Å². The molecule has 1 aromatic rings. The highest BCUT2D eigenvalue weighted by Crippen LogP contribution is 2.25. The van der Waals surface area contributed by atoms with Crippen LogP contribution >= 0.6 is 0 Å². The van der Waals surface area contributed by atoms with Gasteiger partial charge in [-0.3, -0.25) is 4.79 Å². The minimum absolute atomic E-state index is 0.0117. The Bertz CT molecular complexity index is 386. The Morgan fingerprint density at radius 3 is 2.67 bits per heavy atom. The van der Waals surface area contributed by atoms with Crippen LogP contribution in [-0.2, 0) is 4.79 Å². The van der Waals surface area contributed by atoms with Crippen LogP contribution in [-0.4, -0.2) is 12.5 Å². The lowest BCUT2D eigenvalue weighted by Crippen LogP contribution is -2.25. The van der Waals surface area contributed by atoms with E-state index < -0.39 is 0 Å². The summed E-state index contributed by atoms with van der Waals surface area (Å²) in [6.07, 6.45) is 4.02. The maximum Gasteiger partial charge on any atom is 0.220 e. The lowest BCUT2D eigenvalue weighted by Gasteiger charge is -2.16. The van der Waals surface area contributed by atoms with E-state index in [4.69, 9.17) is 0 Å². The van der Waals surface area contributed by atoms with Gasteiger partial charge >= 0.3 is 0 Å². The molecule has 0 heterocycles. The molecule has 18 heavy (non-hydrogen) atoms. The van der Waals surface area contributed by atoms with E-state index in [9.17, 15) is 9.18 Å². The van der Waals surface area contributed by atoms with E-state index in [2.05, 4.69) is 18.8 Å². The first kappa shape index (κ1) is 14.4. The lowest BCUT2D eigenvalue weighted by molar-refractivity contribution is -0.121. The first-order valence-corrected chi connectivity index (χ1v) is 6.30. The number of rotatable bonds is 7. The Balaban J connectivity index is 2.67. The van der Waals surface area contributed by atoms with Crippen LogP contribution < -0.4 is 5.32 Å². The first-order valence-electron chi connectivity index (χ1n) is 6.30. The van der Waals surface area contributed by atoms with Crippen molar-refractivity contribution >= 4 is 5.91 Å². The number of carbonyl (C=O) groups is 1. The highest BCUT2D eigenvalue weighted by molar-refractivity contribution is 5.77. The quantitative estimate of drug-likeness (QED) is 0.737. The molecular weight excluding hydrogens is 229 g/mol. The molecule has 0 aliphatic rings. The molecule has 0 spiro atoms. The van der Waals surface area contributed by atoms with E-state index >= 15 is 0 Å². The fourth-order valence-electron chi connectivity index (χ4n) is 1.95. The summed E-state index contributed by atoms with van der Waals surface area (Å²) in [6, 6.07) is 6.41. The van der Waals surface area contributed by atoms with Crippen molar-refractivity contribution in [2.24, 2.45) is 0 Å². The lowest BCUT2D eigenvalue weighted by atomic mass is 9.91. The van der Waals surface area contributed by atoms with Crippen LogP contribution in [0.5, 0.6) is 0 Å². The van der Waals surface area contributed by atoms with Crippen LogP contribution in [0, 0.1) is 5.82 Å². The van der Waals surface area contributed by atoms with E-state index in [-0.39, 0.29) is 17.6 Å². The zero-order valence-electron chi connectivity index (χ0n) is 10.8. The summed E-state index contributed by atoms with van der Waals surface area (Å²) in [6.45, 7) is 6.13. The van der Waals surface area contributed by atoms with Crippen LogP contribution in [0.2, 0.25) is 0 Å². The molecule has 1 aromatic carbocycles. The molecule has 0 fully saturated rings. The van der Waals surface area contributed by atoms with E-state index in [1.165, 1.54) is 12.1 Å². The molecule has 98 valence electrons. The molecule has 1 unspecified atom stereocenters. The van der Waals surface area contributed by atoms with Gasteiger partial charge in [-0.25, -0.2) is 4.39 Å². The summed E-state index contributed by atoms with van der Waals surface area (Å²) in [5.41, 5.74) is 1.02. The SMILES string of the molecule is C=CCNC(=O)CC(CCC)c1ccc(F)cc1. The summed E-state index contributed by atoms with van der Waals surface area (Å²) in [5, 5.41) is 2.77. The largest absolute Gasteiger partial charge is 0.353 e.